The van der Waals surface area contributed by atoms with Crippen molar-refractivity contribution in [3.05, 3.63) is 53.1 Å². The lowest BCUT2D eigenvalue weighted by Gasteiger charge is -2.23. The van der Waals surface area contributed by atoms with E-state index >= 15 is 0 Å². The molecule has 0 saturated carbocycles. The van der Waals surface area contributed by atoms with Gasteiger partial charge in [0.1, 0.15) is 10.8 Å². The van der Waals surface area contributed by atoms with Crippen molar-refractivity contribution in [3.63, 3.8) is 0 Å². The molecular formula is C16H18Cl2N4O. The summed E-state index contributed by atoms with van der Waals surface area (Å²) >= 11 is 5.66. The van der Waals surface area contributed by atoms with Crippen LogP contribution in [0.2, 0.25) is 5.15 Å². The maximum atomic E-state index is 12.0. The number of nitrogens with one attached hydrogen (secondary N) is 2. The highest BCUT2D eigenvalue weighted by Crippen LogP contribution is 2.24. The van der Waals surface area contributed by atoms with Crippen LogP contribution in [0.1, 0.15) is 34.8 Å². The fourth-order valence-corrected chi connectivity index (χ4v) is 2.70. The summed E-state index contributed by atoms with van der Waals surface area (Å²) in [5.41, 5.74) is 2.29. The lowest BCUT2D eigenvalue weighted by Crippen LogP contribution is -2.28. The molecule has 3 rings (SSSR count). The van der Waals surface area contributed by atoms with Crippen molar-refractivity contribution in [2.45, 2.75) is 18.8 Å². The smallest absolute Gasteiger partial charge is 0.275 e. The molecule has 0 aliphatic carbocycles. The number of halogens is 2. The van der Waals surface area contributed by atoms with E-state index in [1.54, 1.807) is 0 Å². The van der Waals surface area contributed by atoms with Gasteiger partial charge in [-0.1, -0.05) is 23.7 Å². The summed E-state index contributed by atoms with van der Waals surface area (Å²) in [6, 6.07) is 7.98. The lowest BCUT2D eigenvalue weighted by atomic mass is 9.92. The Bertz CT molecular complexity index is 640. The van der Waals surface area contributed by atoms with Crippen LogP contribution in [0.3, 0.4) is 0 Å². The Hall–Kier alpha value is -1.69. The molecule has 1 fully saturated rings. The van der Waals surface area contributed by atoms with Crippen LogP contribution in [0.5, 0.6) is 0 Å². The van der Waals surface area contributed by atoms with Crippen molar-refractivity contribution in [3.8, 4) is 0 Å². The molecule has 1 amide bonds. The first-order chi connectivity index (χ1) is 10.7. The van der Waals surface area contributed by atoms with Crippen LogP contribution < -0.4 is 10.6 Å². The van der Waals surface area contributed by atoms with Gasteiger partial charge in [0.05, 0.1) is 12.4 Å². The van der Waals surface area contributed by atoms with E-state index in [9.17, 15) is 4.79 Å². The topological polar surface area (TPSA) is 66.9 Å². The molecule has 23 heavy (non-hydrogen) atoms. The molecule has 2 heterocycles. The molecule has 0 unspecified atom stereocenters. The number of hydrogen-bond acceptors (Lipinski definition) is 4. The molecule has 1 aliphatic rings. The van der Waals surface area contributed by atoms with Crippen molar-refractivity contribution in [2.24, 2.45) is 0 Å². The van der Waals surface area contributed by atoms with Crippen LogP contribution in [0.25, 0.3) is 0 Å². The van der Waals surface area contributed by atoms with Crippen molar-refractivity contribution in [1.82, 2.24) is 15.3 Å². The molecule has 1 saturated heterocycles. The van der Waals surface area contributed by atoms with Gasteiger partial charge in [-0.05, 0) is 43.0 Å². The molecule has 0 bridgehead atoms. The third-order valence-electron chi connectivity index (χ3n) is 3.79. The molecule has 122 valence electrons. The zero-order valence-corrected chi connectivity index (χ0v) is 14.0. The Morgan fingerprint density at radius 3 is 2.61 bits per heavy atom. The number of aromatic nitrogens is 2. The van der Waals surface area contributed by atoms with Gasteiger partial charge >= 0.3 is 0 Å². The van der Waals surface area contributed by atoms with E-state index in [0.717, 1.165) is 18.8 Å². The lowest BCUT2D eigenvalue weighted by molar-refractivity contribution is 0.102. The van der Waals surface area contributed by atoms with Crippen molar-refractivity contribution in [2.75, 3.05) is 18.4 Å². The summed E-state index contributed by atoms with van der Waals surface area (Å²) < 4.78 is 0. The number of carbonyl (C=O) groups is 1. The van der Waals surface area contributed by atoms with E-state index in [1.807, 2.05) is 12.1 Å². The fourth-order valence-electron chi connectivity index (χ4n) is 2.60. The maximum absolute atomic E-state index is 12.0. The minimum Gasteiger partial charge on any atom is -0.321 e. The molecule has 2 aromatic rings. The van der Waals surface area contributed by atoms with Gasteiger partial charge in [-0.25, -0.2) is 9.97 Å². The summed E-state index contributed by atoms with van der Waals surface area (Å²) in [6.07, 6.45) is 5.13. The Kier molecular flexibility index (Phi) is 6.33. The molecule has 1 aromatic heterocycles. The maximum Gasteiger partial charge on any atom is 0.275 e. The first-order valence-electron chi connectivity index (χ1n) is 7.32. The predicted octanol–water partition coefficient (Wildman–Crippen LogP) is 3.27. The summed E-state index contributed by atoms with van der Waals surface area (Å²) in [5.74, 6) is 0.261. The molecular weight excluding hydrogens is 335 g/mol. The number of piperidine rings is 1. The molecule has 1 atom stereocenters. The van der Waals surface area contributed by atoms with Crippen LogP contribution in [-0.2, 0) is 0 Å². The zero-order chi connectivity index (χ0) is 15.4. The van der Waals surface area contributed by atoms with Crippen LogP contribution in [-0.4, -0.2) is 29.0 Å². The number of rotatable bonds is 3. The number of hydrogen-bond donors (Lipinski definition) is 2. The van der Waals surface area contributed by atoms with E-state index in [4.69, 9.17) is 11.6 Å². The highest BCUT2D eigenvalue weighted by Gasteiger charge is 2.15. The van der Waals surface area contributed by atoms with Gasteiger partial charge in [-0.3, -0.25) is 4.79 Å². The second kappa shape index (κ2) is 8.24. The molecule has 1 aliphatic heterocycles. The summed E-state index contributed by atoms with van der Waals surface area (Å²) in [4.78, 5) is 19.8. The second-order valence-corrected chi connectivity index (χ2v) is 5.73. The monoisotopic (exact) mass is 352 g/mol. The van der Waals surface area contributed by atoms with Gasteiger partial charge in [0, 0.05) is 12.2 Å². The summed E-state index contributed by atoms with van der Waals surface area (Å²) in [7, 11) is 0. The van der Waals surface area contributed by atoms with Gasteiger partial charge in [-0.2, -0.15) is 0 Å². The quantitative estimate of drug-likeness (QED) is 0.889. The van der Waals surface area contributed by atoms with Gasteiger partial charge in [-0.15, -0.1) is 12.4 Å². The van der Waals surface area contributed by atoms with E-state index in [0.29, 0.717) is 5.92 Å². The minimum atomic E-state index is -0.295. The Balaban J connectivity index is 0.00000192. The molecule has 1 aromatic carbocycles. The largest absolute Gasteiger partial charge is 0.321 e. The zero-order valence-electron chi connectivity index (χ0n) is 12.5. The highest BCUT2D eigenvalue weighted by molar-refractivity contribution is 6.29. The molecule has 0 spiro atoms. The Labute approximate surface area is 146 Å². The number of anilines is 1. The predicted molar refractivity (Wildman–Crippen MR) is 93.5 cm³/mol. The number of carbonyl (C=O) groups excluding carboxylic acids is 1. The van der Waals surface area contributed by atoms with Gasteiger partial charge < -0.3 is 10.6 Å². The number of nitrogens with zero attached hydrogens (tertiary/aromatic N) is 2. The van der Waals surface area contributed by atoms with E-state index < -0.39 is 0 Å². The molecule has 0 radical (unpaired) electrons. The first-order valence-corrected chi connectivity index (χ1v) is 7.70. The van der Waals surface area contributed by atoms with Crippen molar-refractivity contribution in [1.29, 1.82) is 0 Å². The normalized spacial score (nSPS) is 17.2. The number of amides is 1. The molecule has 7 heteroatoms. The van der Waals surface area contributed by atoms with Crippen LogP contribution in [0, 0.1) is 0 Å². The molecule has 5 nitrogen and oxygen atoms in total. The minimum absolute atomic E-state index is 0. The average Bonchev–Trinajstić information content (AvgIpc) is 2.57. The average molecular weight is 353 g/mol. The fraction of sp³-hybridized carbons (Fsp3) is 0.312. The Morgan fingerprint density at radius 2 is 2.00 bits per heavy atom. The van der Waals surface area contributed by atoms with Crippen LogP contribution in [0.15, 0.2) is 36.7 Å². The second-order valence-electron chi connectivity index (χ2n) is 5.34. The Morgan fingerprint density at radius 1 is 1.22 bits per heavy atom. The third-order valence-corrected chi connectivity index (χ3v) is 3.98. The SMILES string of the molecule is Cl.O=C(Nc1ccc([C@@H]2CCCNC2)cc1)c1cnc(Cl)cn1. The van der Waals surface area contributed by atoms with Gasteiger partial charge in [0.15, 0.2) is 0 Å². The van der Waals surface area contributed by atoms with Gasteiger partial charge in [0.25, 0.3) is 5.91 Å². The number of benzene rings is 1. The van der Waals surface area contributed by atoms with Gasteiger partial charge in [0.2, 0.25) is 0 Å². The summed E-state index contributed by atoms with van der Waals surface area (Å²) in [6.45, 7) is 2.12. The van der Waals surface area contributed by atoms with E-state index in [2.05, 4.69) is 32.7 Å². The standard InChI is InChI=1S/C16H17ClN4O.ClH/c17-15-10-19-14(9-20-15)16(22)21-13-5-3-11(4-6-13)12-2-1-7-18-8-12;/h3-6,9-10,12,18H,1-2,7-8H2,(H,21,22);1H/t12-;/m1./s1. The summed E-state index contributed by atoms with van der Waals surface area (Å²) in [5, 5.41) is 6.48. The van der Waals surface area contributed by atoms with Crippen LogP contribution in [0.4, 0.5) is 5.69 Å². The molecule has 2 N–H and O–H groups in total. The highest BCUT2D eigenvalue weighted by atomic mass is 35.5. The van der Waals surface area contributed by atoms with E-state index in [1.165, 1.54) is 30.8 Å². The first kappa shape index (κ1) is 17.7. The van der Waals surface area contributed by atoms with Crippen LogP contribution >= 0.6 is 24.0 Å². The van der Waals surface area contributed by atoms with Crippen molar-refractivity contribution < 1.29 is 4.79 Å². The third kappa shape index (κ3) is 4.64. The van der Waals surface area contributed by atoms with Crippen molar-refractivity contribution >= 4 is 35.6 Å². The van der Waals surface area contributed by atoms with E-state index in [-0.39, 0.29) is 29.2 Å².